The van der Waals surface area contributed by atoms with Crippen LogP contribution in [-0.4, -0.2) is 50.8 Å². The van der Waals surface area contributed by atoms with Crippen LogP contribution in [0, 0.1) is 0 Å². The highest BCUT2D eigenvalue weighted by Crippen LogP contribution is 2.43. The maximum Gasteiger partial charge on any atom is 0.416 e. The lowest BCUT2D eigenvalue weighted by atomic mass is 9.94. The van der Waals surface area contributed by atoms with Crippen molar-refractivity contribution in [2.24, 2.45) is 0 Å². The molecule has 2 unspecified atom stereocenters. The largest absolute Gasteiger partial charge is 0.416 e. The molecule has 1 aromatic heterocycles. The number of rotatable bonds is 8. The quantitative estimate of drug-likeness (QED) is 0.465. The summed E-state index contributed by atoms with van der Waals surface area (Å²) in [5.41, 5.74) is -1.13. The van der Waals surface area contributed by atoms with Gasteiger partial charge in [0.05, 0.1) is 26.6 Å². The summed E-state index contributed by atoms with van der Waals surface area (Å²) in [6.45, 7) is 1.10. The van der Waals surface area contributed by atoms with Crippen molar-refractivity contribution < 1.29 is 48.3 Å². The number of aromatic nitrogens is 2. The summed E-state index contributed by atoms with van der Waals surface area (Å²) in [5.74, 6) is -4.66. The highest BCUT2D eigenvalue weighted by Gasteiger charge is 2.46. The first-order valence-electron chi connectivity index (χ1n) is 10.2. The van der Waals surface area contributed by atoms with Gasteiger partial charge in [0, 0.05) is 13.7 Å². The topological polar surface area (TPSA) is 105 Å². The first kappa shape index (κ1) is 27.5. The van der Waals surface area contributed by atoms with Crippen LogP contribution in [-0.2, 0) is 47.8 Å². The fourth-order valence-electron chi connectivity index (χ4n) is 3.84. The number of halogens is 5. The summed E-state index contributed by atoms with van der Waals surface area (Å²) in [7, 11) is -7.75. The van der Waals surface area contributed by atoms with E-state index in [9.17, 15) is 38.8 Å². The molecule has 1 saturated heterocycles. The first-order valence-corrected chi connectivity index (χ1v) is 13.4. The van der Waals surface area contributed by atoms with Crippen LogP contribution in [0.4, 0.5) is 22.0 Å². The summed E-state index contributed by atoms with van der Waals surface area (Å²) in [4.78, 5) is -0.496. The van der Waals surface area contributed by atoms with Crippen LogP contribution < -0.4 is 0 Å². The number of ether oxygens (including phenoxy) is 2. The number of hydrogen-bond donors (Lipinski definition) is 0. The SMILES string of the molecule is COCn1nc(CS(=O)(=O)C(F)F)cc1C1CC(C)(S(=O)(=O)c2cccc(C(F)(F)F)c2)CCO1. The Bertz CT molecular complexity index is 1280. The van der Waals surface area contributed by atoms with E-state index in [2.05, 4.69) is 5.10 Å². The third-order valence-electron chi connectivity index (χ3n) is 5.75. The van der Waals surface area contributed by atoms with Crippen LogP contribution in [0.1, 0.15) is 42.8 Å². The van der Waals surface area contributed by atoms with Crippen molar-refractivity contribution >= 4 is 19.7 Å². The van der Waals surface area contributed by atoms with Crippen molar-refractivity contribution in [2.75, 3.05) is 13.7 Å². The standard InChI is InChI=1S/C20H23F5N2O6S2/c1-19(35(30,31)15-5-3-4-13(8-15)20(23,24)25)6-7-33-17(10-19)16-9-14(26-27(16)12-32-2)11-34(28,29)18(21)22/h3-5,8-9,17-18H,6-7,10-12H2,1-2H3. The number of hydrogen-bond acceptors (Lipinski definition) is 7. The summed E-state index contributed by atoms with van der Waals surface area (Å²) < 4.78 is 125. The van der Waals surface area contributed by atoms with Crippen molar-refractivity contribution in [2.45, 2.75) is 59.9 Å². The Morgan fingerprint density at radius 2 is 1.91 bits per heavy atom. The van der Waals surface area contributed by atoms with E-state index in [0.717, 1.165) is 18.2 Å². The van der Waals surface area contributed by atoms with Crippen LogP contribution in [0.2, 0.25) is 0 Å². The molecule has 1 aliphatic heterocycles. The van der Waals surface area contributed by atoms with E-state index in [1.807, 2.05) is 0 Å². The average Bonchev–Trinajstić information content (AvgIpc) is 3.15. The van der Waals surface area contributed by atoms with Crippen LogP contribution >= 0.6 is 0 Å². The summed E-state index contributed by atoms with van der Waals surface area (Å²) >= 11 is 0. The Balaban J connectivity index is 1.96. The molecule has 2 heterocycles. The van der Waals surface area contributed by atoms with E-state index >= 15 is 0 Å². The van der Waals surface area contributed by atoms with Gasteiger partial charge in [-0.05, 0) is 44.0 Å². The Hall–Kier alpha value is -2.10. The van der Waals surface area contributed by atoms with Crippen LogP contribution in [0.25, 0.3) is 0 Å². The van der Waals surface area contributed by atoms with Gasteiger partial charge in [0.2, 0.25) is 9.84 Å². The molecule has 0 aliphatic carbocycles. The molecule has 0 amide bonds. The van der Waals surface area contributed by atoms with Crippen LogP contribution in [0.5, 0.6) is 0 Å². The van der Waals surface area contributed by atoms with E-state index in [1.165, 1.54) is 24.8 Å². The van der Waals surface area contributed by atoms with Gasteiger partial charge in [0.1, 0.15) is 18.6 Å². The predicted octanol–water partition coefficient (Wildman–Crippen LogP) is 3.73. The van der Waals surface area contributed by atoms with E-state index in [-0.39, 0.29) is 37.6 Å². The minimum absolute atomic E-state index is 0.0207. The molecule has 0 bridgehead atoms. The molecule has 0 radical (unpaired) electrons. The molecular weight excluding hydrogens is 523 g/mol. The Kier molecular flexibility index (Phi) is 7.65. The molecule has 35 heavy (non-hydrogen) atoms. The fraction of sp³-hybridized carbons (Fsp3) is 0.550. The summed E-state index contributed by atoms with van der Waals surface area (Å²) in [5, 5.41) is 3.97. The zero-order valence-electron chi connectivity index (χ0n) is 18.6. The molecule has 1 aliphatic rings. The minimum Gasteiger partial charge on any atom is -0.372 e. The number of benzene rings is 1. The molecule has 3 rings (SSSR count). The summed E-state index contributed by atoms with van der Waals surface area (Å²) in [6.07, 6.45) is -5.93. The van der Waals surface area contributed by atoms with Crippen molar-refractivity contribution in [3.8, 4) is 0 Å². The zero-order chi connectivity index (χ0) is 26.2. The second-order valence-electron chi connectivity index (χ2n) is 8.34. The molecule has 196 valence electrons. The Labute approximate surface area is 198 Å². The van der Waals surface area contributed by atoms with E-state index < -0.39 is 58.7 Å². The molecule has 2 atom stereocenters. The average molecular weight is 547 g/mol. The van der Waals surface area contributed by atoms with E-state index in [4.69, 9.17) is 9.47 Å². The highest BCUT2D eigenvalue weighted by molar-refractivity contribution is 7.92. The van der Waals surface area contributed by atoms with Gasteiger partial charge in [-0.3, -0.25) is 0 Å². The van der Waals surface area contributed by atoms with Crippen LogP contribution in [0.3, 0.4) is 0 Å². The lowest BCUT2D eigenvalue weighted by Gasteiger charge is -2.37. The van der Waals surface area contributed by atoms with E-state index in [0.29, 0.717) is 6.07 Å². The van der Waals surface area contributed by atoms with Crippen molar-refractivity contribution in [3.63, 3.8) is 0 Å². The Morgan fingerprint density at radius 1 is 1.23 bits per heavy atom. The predicted molar refractivity (Wildman–Crippen MR) is 113 cm³/mol. The molecule has 1 aromatic carbocycles. The van der Waals surface area contributed by atoms with Gasteiger partial charge in [-0.2, -0.15) is 27.1 Å². The molecule has 2 aromatic rings. The maximum atomic E-state index is 13.4. The lowest BCUT2D eigenvalue weighted by molar-refractivity contribution is -0.137. The minimum atomic E-state index is -4.78. The monoisotopic (exact) mass is 546 g/mol. The molecule has 0 saturated carbocycles. The zero-order valence-corrected chi connectivity index (χ0v) is 20.3. The third-order valence-corrected chi connectivity index (χ3v) is 9.53. The van der Waals surface area contributed by atoms with Gasteiger partial charge in [-0.25, -0.2) is 21.5 Å². The highest BCUT2D eigenvalue weighted by atomic mass is 32.2. The van der Waals surface area contributed by atoms with Gasteiger partial charge in [0.15, 0.2) is 9.84 Å². The normalized spacial score (nSPS) is 22.0. The molecule has 0 spiro atoms. The number of alkyl halides is 5. The number of sulfone groups is 2. The number of nitrogens with zero attached hydrogens (tertiary/aromatic N) is 2. The molecule has 15 heteroatoms. The van der Waals surface area contributed by atoms with Gasteiger partial charge in [-0.15, -0.1) is 0 Å². The third kappa shape index (κ3) is 5.67. The molecular formula is C20H23F5N2O6S2. The van der Waals surface area contributed by atoms with E-state index in [1.54, 1.807) is 0 Å². The maximum absolute atomic E-state index is 13.4. The second-order valence-corrected chi connectivity index (χ2v) is 12.8. The van der Waals surface area contributed by atoms with Gasteiger partial charge >= 0.3 is 11.9 Å². The van der Waals surface area contributed by atoms with Crippen molar-refractivity contribution in [1.29, 1.82) is 0 Å². The number of methoxy groups -OCH3 is 1. The van der Waals surface area contributed by atoms with Gasteiger partial charge in [0.25, 0.3) is 0 Å². The lowest BCUT2D eigenvalue weighted by Crippen LogP contribution is -2.42. The first-order chi connectivity index (χ1) is 16.1. The molecule has 8 nitrogen and oxygen atoms in total. The van der Waals surface area contributed by atoms with Crippen molar-refractivity contribution in [3.05, 3.63) is 47.3 Å². The van der Waals surface area contributed by atoms with Crippen LogP contribution in [0.15, 0.2) is 35.2 Å². The van der Waals surface area contributed by atoms with Crippen molar-refractivity contribution in [1.82, 2.24) is 9.78 Å². The van der Waals surface area contributed by atoms with Gasteiger partial charge in [-0.1, -0.05) is 6.07 Å². The second kappa shape index (κ2) is 9.75. The summed E-state index contributed by atoms with van der Waals surface area (Å²) in [6, 6.07) is 4.66. The smallest absolute Gasteiger partial charge is 0.372 e. The molecule has 0 N–H and O–H groups in total. The fourth-order valence-corrected chi connectivity index (χ4v) is 6.35. The van der Waals surface area contributed by atoms with Gasteiger partial charge < -0.3 is 9.47 Å². The molecule has 1 fully saturated rings. The Morgan fingerprint density at radius 3 is 2.51 bits per heavy atom.